The molecule has 5 nitrogen and oxygen atoms in total. The Morgan fingerprint density at radius 1 is 0.522 bits per heavy atom. The first-order valence-electron chi connectivity index (χ1n) is 14.8. The molecule has 219 valence electrons. The first kappa shape index (κ1) is 27.2. The molecular formula is C41H25O5. The van der Waals surface area contributed by atoms with E-state index >= 15 is 0 Å². The summed E-state index contributed by atoms with van der Waals surface area (Å²) < 4.78 is 0. The van der Waals surface area contributed by atoms with Crippen molar-refractivity contribution >= 4 is 49.1 Å². The van der Waals surface area contributed by atoms with Gasteiger partial charge in [-0.3, -0.25) is 0 Å². The van der Waals surface area contributed by atoms with Gasteiger partial charge in [0.05, 0.1) is 5.56 Å². The van der Waals surface area contributed by atoms with E-state index in [1.165, 1.54) is 0 Å². The van der Waals surface area contributed by atoms with Crippen LogP contribution in [0.5, 0.6) is 17.2 Å². The fraction of sp³-hybridized carbons (Fsp3) is 0. The number of phenolic OH excluding ortho intramolecular Hbond substituents is 3. The van der Waals surface area contributed by atoms with Crippen LogP contribution in [0.4, 0.5) is 0 Å². The molecule has 0 bridgehead atoms. The lowest BCUT2D eigenvalue weighted by Gasteiger charge is -2.22. The lowest BCUT2D eigenvalue weighted by molar-refractivity contribution is 0.0697. The van der Waals surface area contributed by atoms with Gasteiger partial charge in [-0.15, -0.1) is 0 Å². The highest BCUT2D eigenvalue weighted by atomic mass is 16.4. The number of hydrogen-bond acceptors (Lipinski definition) is 4. The average molecular weight is 598 g/mol. The van der Waals surface area contributed by atoms with E-state index in [2.05, 4.69) is 12.1 Å². The number of aromatic carboxylic acids is 1. The number of fused-ring (bicyclic) bond motifs is 4. The summed E-state index contributed by atoms with van der Waals surface area (Å²) in [6.45, 7) is 0. The summed E-state index contributed by atoms with van der Waals surface area (Å²) in [5.41, 5.74) is 5.48. The highest BCUT2D eigenvalue weighted by Gasteiger charge is 2.22. The zero-order valence-electron chi connectivity index (χ0n) is 24.3. The van der Waals surface area contributed by atoms with Gasteiger partial charge in [0.25, 0.3) is 0 Å². The fourth-order valence-electron chi connectivity index (χ4n) is 6.62. The van der Waals surface area contributed by atoms with Gasteiger partial charge in [-0.05, 0) is 126 Å². The van der Waals surface area contributed by atoms with Crippen LogP contribution in [0.15, 0.2) is 127 Å². The molecule has 0 spiro atoms. The van der Waals surface area contributed by atoms with Crippen molar-refractivity contribution in [1.82, 2.24) is 0 Å². The Hall–Kier alpha value is -6.33. The molecule has 0 aliphatic heterocycles. The summed E-state index contributed by atoms with van der Waals surface area (Å²) in [5.74, 6) is -0.515. The number of carboxylic acids is 1. The monoisotopic (exact) mass is 597 g/mol. The summed E-state index contributed by atoms with van der Waals surface area (Å²) in [7, 11) is 0. The van der Waals surface area contributed by atoms with Gasteiger partial charge in [0.1, 0.15) is 17.2 Å². The third-order valence-corrected chi connectivity index (χ3v) is 8.71. The molecule has 0 unspecified atom stereocenters. The van der Waals surface area contributed by atoms with Gasteiger partial charge >= 0.3 is 5.97 Å². The highest BCUT2D eigenvalue weighted by Crippen LogP contribution is 2.49. The SMILES string of the molecule is O=C(O)c1ccc2cc(-c3c(-c4cccc5c(O)cccc45)c(-c4cccc5cc(O)ccc45)[c]c4cc(O)ccc34)ccc2c1. The second kappa shape index (κ2) is 10.4. The maximum atomic E-state index is 11.7. The van der Waals surface area contributed by atoms with Gasteiger partial charge < -0.3 is 20.4 Å². The van der Waals surface area contributed by atoms with E-state index in [0.717, 1.165) is 65.7 Å². The molecule has 0 aromatic heterocycles. The van der Waals surface area contributed by atoms with E-state index in [4.69, 9.17) is 0 Å². The quantitative estimate of drug-likeness (QED) is 0.162. The Bertz CT molecular complexity index is 2550. The number of carbonyl (C=O) groups is 1. The zero-order chi connectivity index (χ0) is 31.5. The van der Waals surface area contributed by atoms with Crippen LogP contribution < -0.4 is 0 Å². The number of phenols is 3. The van der Waals surface area contributed by atoms with Crippen LogP contribution in [0.3, 0.4) is 0 Å². The van der Waals surface area contributed by atoms with Crippen molar-refractivity contribution in [2.75, 3.05) is 0 Å². The summed E-state index contributed by atoms with van der Waals surface area (Å²) in [6.07, 6.45) is 0. The van der Waals surface area contributed by atoms with Crippen molar-refractivity contribution in [1.29, 1.82) is 0 Å². The van der Waals surface area contributed by atoms with Crippen molar-refractivity contribution in [2.24, 2.45) is 0 Å². The fourth-order valence-corrected chi connectivity index (χ4v) is 6.62. The summed E-state index contributed by atoms with van der Waals surface area (Å²) in [6, 6.07) is 42.6. The molecule has 0 aliphatic rings. The summed E-state index contributed by atoms with van der Waals surface area (Å²) >= 11 is 0. The van der Waals surface area contributed by atoms with E-state index in [1.807, 2.05) is 78.9 Å². The second-order valence-corrected chi connectivity index (χ2v) is 11.5. The number of rotatable bonds is 4. The largest absolute Gasteiger partial charge is 0.508 e. The first-order valence-corrected chi connectivity index (χ1v) is 14.8. The minimum absolute atomic E-state index is 0.117. The molecule has 8 rings (SSSR count). The van der Waals surface area contributed by atoms with E-state index in [0.29, 0.717) is 10.8 Å². The molecule has 4 N–H and O–H groups in total. The van der Waals surface area contributed by atoms with Crippen LogP contribution in [-0.2, 0) is 0 Å². The maximum absolute atomic E-state index is 11.7. The molecule has 46 heavy (non-hydrogen) atoms. The second-order valence-electron chi connectivity index (χ2n) is 11.5. The van der Waals surface area contributed by atoms with E-state index in [1.54, 1.807) is 42.5 Å². The van der Waals surface area contributed by atoms with Crippen LogP contribution in [0.25, 0.3) is 76.5 Å². The summed E-state index contributed by atoms with van der Waals surface area (Å²) in [5, 5.41) is 47.9. The third kappa shape index (κ3) is 4.37. The Kier molecular flexibility index (Phi) is 6.15. The predicted molar refractivity (Wildman–Crippen MR) is 184 cm³/mol. The zero-order valence-corrected chi connectivity index (χ0v) is 24.3. The van der Waals surface area contributed by atoms with Crippen LogP contribution in [0.2, 0.25) is 0 Å². The van der Waals surface area contributed by atoms with Gasteiger partial charge in [0.2, 0.25) is 0 Å². The van der Waals surface area contributed by atoms with Crippen molar-refractivity contribution in [3.8, 4) is 50.6 Å². The smallest absolute Gasteiger partial charge is 0.335 e. The van der Waals surface area contributed by atoms with Gasteiger partial charge in [-0.2, -0.15) is 0 Å². The topological polar surface area (TPSA) is 98.0 Å². The molecule has 0 heterocycles. The van der Waals surface area contributed by atoms with Gasteiger partial charge in [0.15, 0.2) is 0 Å². The number of aromatic hydroxyl groups is 3. The van der Waals surface area contributed by atoms with E-state index in [-0.39, 0.29) is 22.8 Å². The third-order valence-electron chi connectivity index (χ3n) is 8.71. The molecular weight excluding hydrogens is 572 g/mol. The average Bonchev–Trinajstić information content (AvgIpc) is 3.06. The van der Waals surface area contributed by atoms with Crippen LogP contribution in [-0.4, -0.2) is 26.4 Å². The standard InChI is InChI=1S/C41H25O5/c42-29-14-16-31-25(20-29)4-1-5-33(31)37-22-28-21-30(43)15-17-32(28)39(26-12-10-24-19-27(41(45)46)13-11-23(24)18-26)40(37)36-8-2-7-35-34(36)6-3-9-38(35)44/h1-21,42-44H,(H,45,46). The number of benzene rings is 8. The Morgan fingerprint density at radius 2 is 1.22 bits per heavy atom. The Morgan fingerprint density at radius 3 is 2.07 bits per heavy atom. The molecule has 8 aromatic rings. The minimum Gasteiger partial charge on any atom is -0.508 e. The van der Waals surface area contributed by atoms with Gasteiger partial charge in [-0.1, -0.05) is 78.9 Å². The molecule has 0 fully saturated rings. The van der Waals surface area contributed by atoms with E-state index in [9.17, 15) is 25.2 Å². The number of hydrogen-bond donors (Lipinski definition) is 4. The van der Waals surface area contributed by atoms with Crippen LogP contribution in [0.1, 0.15) is 10.4 Å². The van der Waals surface area contributed by atoms with Gasteiger partial charge in [0, 0.05) is 5.39 Å². The first-order chi connectivity index (χ1) is 22.4. The van der Waals surface area contributed by atoms with Crippen molar-refractivity contribution in [3.63, 3.8) is 0 Å². The molecule has 1 radical (unpaired) electrons. The molecule has 0 atom stereocenters. The van der Waals surface area contributed by atoms with Crippen LogP contribution >= 0.6 is 0 Å². The van der Waals surface area contributed by atoms with Crippen LogP contribution in [0, 0.1) is 6.07 Å². The summed E-state index contributed by atoms with van der Waals surface area (Å²) in [4.78, 5) is 11.7. The van der Waals surface area contributed by atoms with Crippen molar-refractivity contribution in [2.45, 2.75) is 0 Å². The lowest BCUT2D eigenvalue weighted by atomic mass is 9.81. The Labute approximate surface area is 263 Å². The molecule has 0 saturated carbocycles. The predicted octanol–water partition coefficient (Wildman–Crippen LogP) is 9.92. The lowest BCUT2D eigenvalue weighted by Crippen LogP contribution is -1.96. The maximum Gasteiger partial charge on any atom is 0.335 e. The van der Waals surface area contributed by atoms with E-state index < -0.39 is 5.97 Å². The molecule has 0 saturated heterocycles. The minimum atomic E-state index is -0.982. The normalized spacial score (nSPS) is 11.5. The number of carboxylic acid groups (broad SMARTS) is 1. The van der Waals surface area contributed by atoms with Crippen molar-refractivity contribution < 1.29 is 25.2 Å². The molecule has 0 amide bonds. The highest BCUT2D eigenvalue weighted by molar-refractivity contribution is 6.16. The Balaban J connectivity index is 1.56. The molecule has 8 aromatic carbocycles. The van der Waals surface area contributed by atoms with Gasteiger partial charge in [-0.25, -0.2) is 4.79 Å². The van der Waals surface area contributed by atoms with Crippen molar-refractivity contribution in [3.05, 3.63) is 139 Å². The molecule has 0 aliphatic carbocycles. The molecule has 5 heteroatoms.